The van der Waals surface area contributed by atoms with Gasteiger partial charge in [0.05, 0.1) is 12.2 Å². The summed E-state index contributed by atoms with van der Waals surface area (Å²) in [5.41, 5.74) is 0.793. The van der Waals surface area contributed by atoms with Crippen LogP contribution in [0, 0.1) is 22.9 Å². The van der Waals surface area contributed by atoms with Crippen LogP contribution in [0.15, 0.2) is 60.7 Å². The van der Waals surface area contributed by atoms with Gasteiger partial charge in [-0.3, -0.25) is 14.4 Å². The van der Waals surface area contributed by atoms with Crippen molar-refractivity contribution < 1.29 is 32.3 Å². The molecular weight excluding hydrogens is 535 g/mol. The lowest BCUT2D eigenvalue weighted by Crippen LogP contribution is -2.59. The van der Waals surface area contributed by atoms with E-state index < -0.39 is 34.7 Å². The summed E-state index contributed by atoms with van der Waals surface area (Å²) >= 11 is 0. The normalized spacial score (nSPS) is 17.5. The van der Waals surface area contributed by atoms with Gasteiger partial charge in [-0.15, -0.1) is 0 Å². The molecule has 214 valence electrons. The molecule has 3 aromatic carbocycles. The molecule has 1 heterocycles. The van der Waals surface area contributed by atoms with E-state index in [0.717, 1.165) is 12.8 Å². The van der Waals surface area contributed by atoms with Gasteiger partial charge in [0, 0.05) is 35.9 Å². The van der Waals surface area contributed by atoms with Gasteiger partial charge >= 0.3 is 0 Å². The number of piperidine rings is 1. The fourth-order valence-electron chi connectivity index (χ4n) is 5.59. The quantitative estimate of drug-likeness (QED) is 0.367. The summed E-state index contributed by atoms with van der Waals surface area (Å²) in [4.78, 5) is 39.8. The molecule has 1 aliphatic heterocycles. The molecule has 2 N–H and O–H groups in total. The number of likely N-dealkylation sites (tertiary alicyclic amines) is 1. The molecule has 0 aromatic heterocycles. The number of amides is 3. The Labute approximate surface area is 235 Å². The van der Waals surface area contributed by atoms with E-state index in [9.17, 15) is 27.6 Å². The second-order valence-corrected chi connectivity index (χ2v) is 10.4. The van der Waals surface area contributed by atoms with Gasteiger partial charge < -0.3 is 20.3 Å². The van der Waals surface area contributed by atoms with Crippen molar-refractivity contribution >= 4 is 23.4 Å². The Balaban J connectivity index is 1.18. The monoisotopic (exact) mass is 565 g/mol. The van der Waals surface area contributed by atoms with Crippen molar-refractivity contribution in [3.63, 3.8) is 0 Å². The van der Waals surface area contributed by atoms with Crippen molar-refractivity contribution in [3.8, 4) is 5.75 Å². The van der Waals surface area contributed by atoms with Gasteiger partial charge in [0.15, 0.2) is 17.4 Å². The Kier molecular flexibility index (Phi) is 8.01. The van der Waals surface area contributed by atoms with E-state index in [2.05, 4.69) is 10.6 Å². The van der Waals surface area contributed by atoms with E-state index in [1.165, 1.54) is 11.8 Å². The van der Waals surface area contributed by atoms with Crippen LogP contribution in [-0.2, 0) is 0 Å². The maximum Gasteiger partial charge on any atom is 0.257 e. The summed E-state index contributed by atoms with van der Waals surface area (Å²) in [6.45, 7) is 2.01. The molecule has 1 atom stereocenters. The van der Waals surface area contributed by atoms with E-state index in [-0.39, 0.29) is 29.9 Å². The molecule has 3 aromatic rings. The van der Waals surface area contributed by atoms with Crippen LogP contribution in [0.5, 0.6) is 5.75 Å². The second kappa shape index (κ2) is 11.6. The molecule has 1 saturated heterocycles. The molecule has 3 amide bonds. The summed E-state index contributed by atoms with van der Waals surface area (Å²) in [6.07, 6.45) is 2.83. The number of nitrogens with zero attached hydrogens (tertiary/aromatic N) is 1. The van der Waals surface area contributed by atoms with Gasteiger partial charge in [-0.1, -0.05) is 18.2 Å². The number of ether oxygens (including phenoxy) is 1. The van der Waals surface area contributed by atoms with Crippen molar-refractivity contribution in [3.05, 3.63) is 94.8 Å². The first kappa shape index (κ1) is 28.2. The first-order valence-corrected chi connectivity index (χ1v) is 13.6. The lowest BCUT2D eigenvalue weighted by molar-refractivity contribution is -0.00248. The molecule has 10 heteroatoms. The molecule has 0 radical (unpaired) electrons. The third-order valence-corrected chi connectivity index (χ3v) is 8.10. The predicted octanol–water partition coefficient (Wildman–Crippen LogP) is 5.57. The van der Waals surface area contributed by atoms with Crippen molar-refractivity contribution in [2.45, 2.75) is 38.6 Å². The highest BCUT2D eigenvalue weighted by atomic mass is 19.2. The number of nitrogens with one attached hydrogen (secondary N) is 2. The van der Waals surface area contributed by atoms with Crippen LogP contribution in [0.25, 0.3) is 0 Å². The number of hydrogen-bond acceptors (Lipinski definition) is 4. The Hall–Kier alpha value is -4.34. The maximum atomic E-state index is 14.8. The van der Waals surface area contributed by atoms with E-state index in [4.69, 9.17) is 4.74 Å². The molecule has 0 bridgehead atoms. The third-order valence-electron chi connectivity index (χ3n) is 8.10. The zero-order valence-corrected chi connectivity index (χ0v) is 22.5. The summed E-state index contributed by atoms with van der Waals surface area (Å²) in [7, 11) is 0. The van der Waals surface area contributed by atoms with Crippen LogP contribution in [-0.4, -0.2) is 48.4 Å². The van der Waals surface area contributed by atoms with Crippen molar-refractivity contribution in [2.24, 2.45) is 5.41 Å². The number of benzene rings is 3. The minimum Gasteiger partial charge on any atom is -0.488 e. The fraction of sp³-hybridized carbons (Fsp3) is 0.323. The highest BCUT2D eigenvalue weighted by Gasteiger charge is 2.49. The molecule has 2 aliphatic rings. The van der Waals surface area contributed by atoms with Gasteiger partial charge in [-0.2, -0.15) is 4.39 Å². The number of anilines is 1. The van der Waals surface area contributed by atoms with Gasteiger partial charge in [0.25, 0.3) is 17.7 Å². The van der Waals surface area contributed by atoms with E-state index in [1.54, 1.807) is 48.5 Å². The number of hydrogen-bond donors (Lipinski definition) is 2. The largest absolute Gasteiger partial charge is 0.488 e. The van der Waals surface area contributed by atoms with E-state index in [0.29, 0.717) is 48.8 Å². The second-order valence-electron chi connectivity index (χ2n) is 10.4. The zero-order valence-electron chi connectivity index (χ0n) is 22.5. The molecule has 1 saturated carbocycles. The van der Waals surface area contributed by atoms with Crippen LogP contribution in [0.3, 0.4) is 0 Å². The predicted molar refractivity (Wildman–Crippen MR) is 146 cm³/mol. The molecule has 7 nitrogen and oxygen atoms in total. The number of carbonyl (C=O) groups excluding carboxylic acids is 3. The zero-order chi connectivity index (χ0) is 29.1. The summed E-state index contributed by atoms with van der Waals surface area (Å²) in [6, 6.07) is 15.9. The average molecular weight is 566 g/mol. The molecule has 2 fully saturated rings. The standard InChI is InChI=1S/C31H30F3N3O4/c1-2-41-27-25(33)22(18-23(32)26(27)34)30(40)37-16-14-31(15-17-37)13-12-24(31)36-29(39)20-8-10-21(11-9-20)35-28(38)19-6-4-3-5-7-19/h3-11,18,24H,2,12-17H2,1H3,(H,35,38)(H,36,39). The molecule has 5 rings (SSSR count). The third kappa shape index (κ3) is 5.64. The molecular formula is C31H30F3N3O4. The minimum absolute atomic E-state index is 0.0841. The van der Waals surface area contributed by atoms with E-state index >= 15 is 0 Å². The van der Waals surface area contributed by atoms with Crippen molar-refractivity contribution in [1.82, 2.24) is 10.2 Å². The highest BCUT2D eigenvalue weighted by Crippen LogP contribution is 2.49. The summed E-state index contributed by atoms with van der Waals surface area (Å²) in [5, 5.41) is 5.91. The first-order valence-electron chi connectivity index (χ1n) is 13.6. The van der Waals surface area contributed by atoms with Gasteiger partial charge in [-0.25, -0.2) is 8.78 Å². The Morgan fingerprint density at radius 2 is 1.56 bits per heavy atom. The summed E-state index contributed by atoms with van der Waals surface area (Å²) < 4.78 is 47.8. The van der Waals surface area contributed by atoms with Crippen LogP contribution in [0.4, 0.5) is 18.9 Å². The van der Waals surface area contributed by atoms with Gasteiger partial charge in [-0.05, 0) is 80.5 Å². The number of rotatable bonds is 7. The smallest absolute Gasteiger partial charge is 0.257 e. The lowest BCUT2D eigenvalue weighted by atomic mass is 9.59. The Morgan fingerprint density at radius 3 is 2.17 bits per heavy atom. The maximum absolute atomic E-state index is 14.8. The summed E-state index contributed by atoms with van der Waals surface area (Å²) in [5.74, 6) is -6.12. The number of halogens is 3. The Morgan fingerprint density at radius 1 is 0.902 bits per heavy atom. The number of carbonyl (C=O) groups is 3. The van der Waals surface area contributed by atoms with Crippen molar-refractivity contribution in [1.29, 1.82) is 0 Å². The molecule has 1 unspecified atom stereocenters. The minimum atomic E-state index is -1.46. The van der Waals surface area contributed by atoms with E-state index in [1.807, 2.05) is 6.07 Å². The first-order chi connectivity index (χ1) is 19.7. The van der Waals surface area contributed by atoms with Crippen molar-refractivity contribution in [2.75, 3.05) is 25.0 Å². The Bertz CT molecular complexity index is 1460. The highest BCUT2D eigenvalue weighted by molar-refractivity contribution is 6.04. The van der Waals surface area contributed by atoms with Crippen LogP contribution in [0.1, 0.15) is 63.7 Å². The SMILES string of the molecule is CCOc1c(F)c(F)cc(C(=O)N2CCC3(CCC3NC(=O)c3ccc(NC(=O)c4ccccc4)cc3)CC2)c1F. The molecule has 41 heavy (non-hydrogen) atoms. The van der Waals surface area contributed by atoms with Crippen LogP contribution >= 0.6 is 0 Å². The fourth-order valence-corrected chi connectivity index (χ4v) is 5.59. The van der Waals surface area contributed by atoms with Crippen LogP contribution in [0.2, 0.25) is 0 Å². The topological polar surface area (TPSA) is 87.7 Å². The average Bonchev–Trinajstić information content (AvgIpc) is 2.99. The molecule has 1 aliphatic carbocycles. The van der Waals surface area contributed by atoms with Gasteiger partial charge in [0.1, 0.15) is 0 Å². The van der Waals surface area contributed by atoms with Crippen LogP contribution < -0.4 is 15.4 Å². The molecule has 1 spiro atoms. The lowest BCUT2D eigenvalue weighted by Gasteiger charge is -2.54. The van der Waals surface area contributed by atoms with Gasteiger partial charge in [0.2, 0.25) is 5.82 Å².